The van der Waals surface area contributed by atoms with Crippen molar-refractivity contribution in [3.63, 3.8) is 0 Å². The molecule has 1 aromatic rings. The molecule has 0 saturated heterocycles. The molecule has 1 unspecified atom stereocenters. The second-order valence-electron chi connectivity index (χ2n) is 1.51. The minimum Gasteiger partial charge on any atom is -0.466 e. The average Bonchev–Trinajstić information content (AvgIpc) is 1.91. The van der Waals surface area contributed by atoms with Crippen molar-refractivity contribution in [1.82, 2.24) is 0 Å². The van der Waals surface area contributed by atoms with Crippen molar-refractivity contribution in [2.45, 2.75) is 0 Å². The van der Waals surface area contributed by atoms with E-state index in [1.54, 1.807) is 0 Å². The Bertz CT molecular complexity index is 166. The molecule has 1 atom stereocenters. The smallest absolute Gasteiger partial charge is 0.130 e. The Kier molecular flexibility index (Phi) is 2.88. The van der Waals surface area contributed by atoms with Crippen LogP contribution >= 0.6 is 20.3 Å². The second kappa shape index (κ2) is 3.76. The zero-order chi connectivity index (χ0) is 6.53. The Morgan fingerprint density at radius 2 is 1.89 bits per heavy atom. The van der Waals surface area contributed by atoms with Gasteiger partial charge in [-0.05, 0) is 12.1 Å². The van der Waals surface area contributed by atoms with Crippen LogP contribution in [-0.2, 0) is 0 Å². The molecule has 0 aliphatic carbocycles. The molecule has 0 radical (unpaired) electrons. The van der Waals surface area contributed by atoms with Crippen molar-refractivity contribution in [2.24, 2.45) is 0 Å². The van der Waals surface area contributed by atoms with Crippen LogP contribution in [0.15, 0.2) is 30.3 Å². The monoisotopic (exact) mass is 158 g/mol. The quantitative estimate of drug-likeness (QED) is 0.514. The van der Waals surface area contributed by atoms with E-state index in [2.05, 4.69) is 12.2 Å². The van der Waals surface area contributed by atoms with Gasteiger partial charge in [-0.3, -0.25) is 0 Å². The van der Waals surface area contributed by atoms with E-state index in [0.29, 0.717) is 0 Å². The second-order valence-corrected chi connectivity index (χ2v) is 2.44. The molecule has 0 saturated carbocycles. The molecule has 0 aliphatic heterocycles. The van der Waals surface area contributed by atoms with E-state index in [1.165, 1.54) is 0 Å². The van der Waals surface area contributed by atoms with Crippen molar-refractivity contribution in [3.8, 4) is 5.75 Å². The Hall–Kier alpha value is -0.200. The molecule has 0 aliphatic rings. The number of thiol groups is 1. The molecule has 0 N–H and O–H groups in total. The highest BCUT2D eigenvalue weighted by Gasteiger charge is 1.84. The summed E-state index contributed by atoms with van der Waals surface area (Å²) in [7, 11) is 0.230. The van der Waals surface area contributed by atoms with Gasteiger partial charge < -0.3 is 4.52 Å². The van der Waals surface area contributed by atoms with Gasteiger partial charge in [-0.2, -0.15) is 0 Å². The van der Waals surface area contributed by atoms with E-state index in [0.717, 1.165) is 5.75 Å². The lowest BCUT2D eigenvalue weighted by molar-refractivity contribution is 0.643. The van der Waals surface area contributed by atoms with Crippen molar-refractivity contribution in [3.05, 3.63) is 30.3 Å². The number of hydrogen-bond acceptors (Lipinski definition) is 2. The van der Waals surface area contributed by atoms with E-state index >= 15 is 0 Å². The first-order valence-electron chi connectivity index (χ1n) is 2.54. The van der Waals surface area contributed by atoms with E-state index in [1.807, 2.05) is 30.3 Å². The summed E-state index contributed by atoms with van der Waals surface area (Å²) < 4.78 is 5.10. The van der Waals surface area contributed by atoms with Gasteiger partial charge in [-0.25, -0.2) is 0 Å². The van der Waals surface area contributed by atoms with E-state index in [4.69, 9.17) is 4.52 Å². The minimum atomic E-state index is 0.230. The van der Waals surface area contributed by atoms with Crippen LogP contribution < -0.4 is 4.52 Å². The molecule has 0 bridgehead atoms. The lowest BCUT2D eigenvalue weighted by Gasteiger charge is -1.97. The van der Waals surface area contributed by atoms with Gasteiger partial charge in [0, 0.05) is 0 Å². The van der Waals surface area contributed by atoms with E-state index in [9.17, 15) is 0 Å². The Morgan fingerprint density at radius 3 is 2.44 bits per heavy atom. The highest BCUT2D eigenvalue weighted by Crippen LogP contribution is 2.21. The van der Waals surface area contributed by atoms with Crippen LogP contribution in [0.1, 0.15) is 0 Å². The molecule has 0 spiro atoms. The van der Waals surface area contributed by atoms with Crippen LogP contribution in [0.3, 0.4) is 0 Å². The third-order valence-corrected chi connectivity index (χ3v) is 1.51. The zero-order valence-corrected chi connectivity index (χ0v) is 6.64. The standard InChI is InChI=1S/C6H7OPS/c9-8-7-6-4-2-1-3-5-6/h1-5,8-9H. The van der Waals surface area contributed by atoms with Crippen molar-refractivity contribution in [2.75, 3.05) is 0 Å². The predicted octanol–water partition coefficient (Wildman–Crippen LogP) is 2.50. The highest BCUT2D eigenvalue weighted by molar-refractivity contribution is 8.36. The molecule has 9 heavy (non-hydrogen) atoms. The largest absolute Gasteiger partial charge is 0.466 e. The summed E-state index contributed by atoms with van der Waals surface area (Å²) in [6.45, 7) is 0. The van der Waals surface area contributed by atoms with Gasteiger partial charge in [0.15, 0.2) is 0 Å². The number of benzene rings is 1. The highest BCUT2D eigenvalue weighted by atomic mass is 32.7. The van der Waals surface area contributed by atoms with Crippen LogP contribution in [0.4, 0.5) is 0 Å². The summed E-state index contributed by atoms with van der Waals surface area (Å²) in [5, 5.41) is 0. The summed E-state index contributed by atoms with van der Waals surface area (Å²) in [5.74, 6) is 0.880. The average molecular weight is 158 g/mol. The first-order valence-corrected chi connectivity index (χ1v) is 4.74. The summed E-state index contributed by atoms with van der Waals surface area (Å²) in [6, 6.07) is 9.63. The van der Waals surface area contributed by atoms with E-state index in [-0.39, 0.29) is 8.01 Å². The van der Waals surface area contributed by atoms with E-state index < -0.39 is 0 Å². The number of rotatable bonds is 2. The Morgan fingerprint density at radius 1 is 1.22 bits per heavy atom. The van der Waals surface area contributed by atoms with Gasteiger partial charge >= 0.3 is 0 Å². The topological polar surface area (TPSA) is 9.23 Å². The molecular formula is C6H7OPS. The normalized spacial score (nSPS) is 10.3. The molecule has 3 heteroatoms. The van der Waals surface area contributed by atoms with Crippen LogP contribution in [0.5, 0.6) is 5.75 Å². The fraction of sp³-hybridized carbons (Fsp3) is 0. The van der Waals surface area contributed by atoms with Gasteiger partial charge in [-0.15, -0.1) is 12.2 Å². The molecule has 48 valence electrons. The maximum absolute atomic E-state index is 5.10. The summed E-state index contributed by atoms with van der Waals surface area (Å²) in [4.78, 5) is 0. The zero-order valence-electron chi connectivity index (χ0n) is 4.74. The SMILES string of the molecule is SPOc1ccccc1. The molecular weight excluding hydrogens is 151 g/mol. The summed E-state index contributed by atoms with van der Waals surface area (Å²) in [6.07, 6.45) is 0. The number of hydrogen-bond donors (Lipinski definition) is 1. The van der Waals surface area contributed by atoms with Crippen LogP contribution in [0.25, 0.3) is 0 Å². The molecule has 0 aromatic heterocycles. The van der Waals surface area contributed by atoms with Gasteiger partial charge in [0.2, 0.25) is 0 Å². The third-order valence-electron chi connectivity index (χ3n) is 0.907. The summed E-state index contributed by atoms with van der Waals surface area (Å²) >= 11 is 3.94. The predicted molar refractivity (Wildman–Crippen MR) is 44.4 cm³/mol. The fourth-order valence-electron chi connectivity index (χ4n) is 0.541. The first-order chi connectivity index (χ1) is 4.43. The maximum atomic E-state index is 5.10. The van der Waals surface area contributed by atoms with Crippen molar-refractivity contribution >= 4 is 20.3 Å². The maximum Gasteiger partial charge on any atom is 0.130 e. The van der Waals surface area contributed by atoms with Crippen molar-refractivity contribution in [1.29, 1.82) is 0 Å². The van der Waals surface area contributed by atoms with Gasteiger partial charge in [-0.1, -0.05) is 18.2 Å². The molecule has 0 fully saturated rings. The van der Waals surface area contributed by atoms with Crippen molar-refractivity contribution < 1.29 is 4.52 Å². The van der Waals surface area contributed by atoms with Crippen LogP contribution in [0, 0.1) is 0 Å². The summed E-state index contributed by atoms with van der Waals surface area (Å²) in [5.41, 5.74) is 0. The first kappa shape index (κ1) is 6.91. The lowest BCUT2D eigenvalue weighted by Crippen LogP contribution is -1.71. The minimum absolute atomic E-state index is 0.230. The number of para-hydroxylation sites is 1. The molecule has 0 amide bonds. The molecule has 1 rings (SSSR count). The molecule has 0 heterocycles. The molecule has 1 nitrogen and oxygen atoms in total. The van der Waals surface area contributed by atoms with Crippen LogP contribution in [0.2, 0.25) is 0 Å². The Balaban J connectivity index is 2.61. The molecule has 1 aromatic carbocycles. The van der Waals surface area contributed by atoms with Gasteiger partial charge in [0.1, 0.15) is 13.8 Å². The van der Waals surface area contributed by atoms with Gasteiger partial charge in [0.05, 0.1) is 0 Å². The fourth-order valence-corrected chi connectivity index (χ4v) is 1.10. The lowest BCUT2D eigenvalue weighted by atomic mass is 10.3. The van der Waals surface area contributed by atoms with Gasteiger partial charge in [0.25, 0.3) is 0 Å². The third kappa shape index (κ3) is 2.25. The van der Waals surface area contributed by atoms with Crippen LogP contribution in [-0.4, -0.2) is 0 Å². The Labute approximate surface area is 61.5 Å².